The SMILES string of the molecule is COC1(CC(=O)NCCc2ccc(O)cc2)CCC1. The fourth-order valence-electron chi connectivity index (χ4n) is 2.39. The van der Waals surface area contributed by atoms with E-state index in [0.717, 1.165) is 31.2 Å². The molecule has 19 heavy (non-hydrogen) atoms. The number of phenolic OH excluding ortho intramolecular Hbond substituents is 1. The van der Waals surface area contributed by atoms with Gasteiger partial charge in [0.05, 0.1) is 12.0 Å². The number of carbonyl (C=O) groups excluding carboxylic acids is 1. The molecule has 1 aliphatic rings. The molecule has 1 fully saturated rings. The number of phenols is 1. The quantitative estimate of drug-likeness (QED) is 0.825. The number of hydrogen-bond acceptors (Lipinski definition) is 3. The smallest absolute Gasteiger partial charge is 0.222 e. The van der Waals surface area contributed by atoms with E-state index in [0.29, 0.717) is 13.0 Å². The number of amides is 1. The van der Waals surface area contributed by atoms with Crippen LogP contribution in [0.15, 0.2) is 24.3 Å². The normalized spacial score (nSPS) is 16.7. The van der Waals surface area contributed by atoms with Crippen molar-refractivity contribution in [1.29, 1.82) is 0 Å². The molecule has 2 N–H and O–H groups in total. The number of methoxy groups -OCH3 is 1. The molecule has 1 saturated carbocycles. The number of carbonyl (C=O) groups is 1. The lowest BCUT2D eigenvalue weighted by Crippen LogP contribution is -2.44. The van der Waals surface area contributed by atoms with Crippen LogP contribution in [-0.2, 0) is 16.0 Å². The third-order valence-corrected chi connectivity index (χ3v) is 3.85. The van der Waals surface area contributed by atoms with Crippen molar-refractivity contribution in [2.75, 3.05) is 13.7 Å². The maximum absolute atomic E-state index is 11.8. The van der Waals surface area contributed by atoms with Crippen LogP contribution in [0.2, 0.25) is 0 Å². The zero-order valence-corrected chi connectivity index (χ0v) is 11.3. The summed E-state index contributed by atoms with van der Waals surface area (Å²) in [7, 11) is 1.68. The molecule has 2 rings (SSSR count). The highest BCUT2D eigenvalue weighted by atomic mass is 16.5. The highest BCUT2D eigenvalue weighted by Gasteiger charge is 2.38. The number of nitrogens with one attached hydrogen (secondary N) is 1. The molecule has 4 heteroatoms. The van der Waals surface area contributed by atoms with Gasteiger partial charge in [0.25, 0.3) is 0 Å². The predicted octanol–water partition coefficient (Wildman–Crippen LogP) is 2.01. The molecular formula is C15H21NO3. The van der Waals surface area contributed by atoms with Crippen LogP contribution in [0.4, 0.5) is 0 Å². The maximum atomic E-state index is 11.8. The first kappa shape index (κ1) is 13.9. The van der Waals surface area contributed by atoms with Gasteiger partial charge in [-0.2, -0.15) is 0 Å². The summed E-state index contributed by atoms with van der Waals surface area (Å²) in [5, 5.41) is 12.1. The number of ether oxygens (including phenoxy) is 1. The van der Waals surface area contributed by atoms with Gasteiger partial charge in [0.1, 0.15) is 5.75 Å². The molecule has 0 unspecified atom stereocenters. The van der Waals surface area contributed by atoms with E-state index in [1.54, 1.807) is 19.2 Å². The van der Waals surface area contributed by atoms with Gasteiger partial charge in [0, 0.05) is 13.7 Å². The molecule has 1 amide bonds. The van der Waals surface area contributed by atoms with Gasteiger partial charge in [-0.05, 0) is 43.4 Å². The summed E-state index contributed by atoms with van der Waals surface area (Å²) in [4.78, 5) is 11.8. The molecule has 1 aromatic rings. The van der Waals surface area contributed by atoms with Crippen LogP contribution in [0, 0.1) is 0 Å². The van der Waals surface area contributed by atoms with Crippen molar-refractivity contribution < 1.29 is 14.6 Å². The Morgan fingerprint density at radius 3 is 2.58 bits per heavy atom. The van der Waals surface area contributed by atoms with Gasteiger partial charge in [-0.15, -0.1) is 0 Å². The fraction of sp³-hybridized carbons (Fsp3) is 0.533. The second-order valence-corrected chi connectivity index (χ2v) is 5.18. The highest BCUT2D eigenvalue weighted by molar-refractivity contribution is 5.77. The number of rotatable bonds is 6. The van der Waals surface area contributed by atoms with E-state index in [1.165, 1.54) is 0 Å². The van der Waals surface area contributed by atoms with E-state index < -0.39 is 0 Å². The van der Waals surface area contributed by atoms with Crippen LogP contribution in [0.3, 0.4) is 0 Å². The van der Waals surface area contributed by atoms with Gasteiger partial charge in [-0.3, -0.25) is 4.79 Å². The minimum absolute atomic E-state index is 0.0559. The monoisotopic (exact) mass is 263 g/mol. The Bertz CT molecular complexity index is 418. The van der Waals surface area contributed by atoms with E-state index in [-0.39, 0.29) is 17.3 Å². The van der Waals surface area contributed by atoms with Crippen LogP contribution < -0.4 is 5.32 Å². The number of benzene rings is 1. The number of aromatic hydroxyl groups is 1. The van der Waals surface area contributed by atoms with Crippen LogP contribution in [0.1, 0.15) is 31.2 Å². The third kappa shape index (κ3) is 3.70. The largest absolute Gasteiger partial charge is 0.508 e. The van der Waals surface area contributed by atoms with Crippen LogP contribution in [0.25, 0.3) is 0 Å². The Morgan fingerprint density at radius 2 is 2.05 bits per heavy atom. The molecule has 0 bridgehead atoms. The van der Waals surface area contributed by atoms with Crippen molar-refractivity contribution >= 4 is 5.91 Å². The third-order valence-electron chi connectivity index (χ3n) is 3.85. The summed E-state index contributed by atoms with van der Waals surface area (Å²) < 4.78 is 5.43. The van der Waals surface area contributed by atoms with Crippen LogP contribution >= 0.6 is 0 Å². The zero-order chi connectivity index (χ0) is 13.7. The molecule has 0 aromatic heterocycles. The second-order valence-electron chi connectivity index (χ2n) is 5.18. The Labute approximate surface area is 113 Å². The Hall–Kier alpha value is -1.55. The maximum Gasteiger partial charge on any atom is 0.222 e. The first-order valence-electron chi connectivity index (χ1n) is 6.73. The average molecular weight is 263 g/mol. The Kier molecular flexibility index (Phi) is 4.43. The summed E-state index contributed by atoms with van der Waals surface area (Å²) in [6.07, 6.45) is 4.34. The van der Waals surface area contributed by atoms with Gasteiger partial charge in [-0.1, -0.05) is 12.1 Å². The Morgan fingerprint density at radius 1 is 1.37 bits per heavy atom. The van der Waals surface area contributed by atoms with E-state index in [2.05, 4.69) is 5.32 Å². The molecular weight excluding hydrogens is 242 g/mol. The summed E-state index contributed by atoms with van der Waals surface area (Å²) in [5.41, 5.74) is 0.894. The van der Waals surface area contributed by atoms with Crippen molar-refractivity contribution in [3.63, 3.8) is 0 Å². The highest BCUT2D eigenvalue weighted by Crippen LogP contribution is 2.37. The summed E-state index contributed by atoms with van der Waals surface area (Å²) in [5.74, 6) is 0.320. The van der Waals surface area contributed by atoms with Crippen molar-refractivity contribution in [3.8, 4) is 5.75 Å². The summed E-state index contributed by atoms with van der Waals surface area (Å²) >= 11 is 0. The molecule has 0 saturated heterocycles. The molecule has 0 heterocycles. The Balaban J connectivity index is 1.70. The molecule has 0 radical (unpaired) electrons. The lowest BCUT2D eigenvalue weighted by molar-refractivity contribution is -0.134. The van der Waals surface area contributed by atoms with Gasteiger partial charge >= 0.3 is 0 Å². The minimum Gasteiger partial charge on any atom is -0.508 e. The predicted molar refractivity (Wildman–Crippen MR) is 73.0 cm³/mol. The minimum atomic E-state index is -0.206. The van der Waals surface area contributed by atoms with Crippen molar-refractivity contribution in [2.24, 2.45) is 0 Å². The van der Waals surface area contributed by atoms with E-state index >= 15 is 0 Å². The summed E-state index contributed by atoms with van der Waals surface area (Å²) in [6, 6.07) is 7.05. The molecule has 104 valence electrons. The molecule has 1 aromatic carbocycles. The van der Waals surface area contributed by atoms with E-state index in [4.69, 9.17) is 4.74 Å². The molecule has 0 atom stereocenters. The molecule has 1 aliphatic carbocycles. The van der Waals surface area contributed by atoms with Gasteiger partial charge in [-0.25, -0.2) is 0 Å². The topological polar surface area (TPSA) is 58.6 Å². The molecule has 0 spiro atoms. The van der Waals surface area contributed by atoms with Gasteiger partial charge in [0.15, 0.2) is 0 Å². The molecule has 4 nitrogen and oxygen atoms in total. The number of hydrogen-bond donors (Lipinski definition) is 2. The lowest BCUT2D eigenvalue weighted by Gasteiger charge is -2.39. The van der Waals surface area contributed by atoms with Gasteiger partial charge in [0.2, 0.25) is 5.91 Å². The van der Waals surface area contributed by atoms with Crippen LogP contribution in [-0.4, -0.2) is 30.3 Å². The fourth-order valence-corrected chi connectivity index (χ4v) is 2.39. The first-order valence-corrected chi connectivity index (χ1v) is 6.73. The second kappa shape index (κ2) is 6.06. The van der Waals surface area contributed by atoms with Crippen molar-refractivity contribution in [3.05, 3.63) is 29.8 Å². The lowest BCUT2D eigenvalue weighted by atomic mass is 9.77. The molecule has 0 aliphatic heterocycles. The van der Waals surface area contributed by atoms with Crippen molar-refractivity contribution in [2.45, 2.75) is 37.7 Å². The van der Waals surface area contributed by atoms with Gasteiger partial charge < -0.3 is 15.2 Å². The zero-order valence-electron chi connectivity index (χ0n) is 11.3. The van der Waals surface area contributed by atoms with E-state index in [9.17, 15) is 9.90 Å². The first-order chi connectivity index (χ1) is 9.13. The van der Waals surface area contributed by atoms with Crippen LogP contribution in [0.5, 0.6) is 5.75 Å². The van der Waals surface area contributed by atoms with Crippen molar-refractivity contribution in [1.82, 2.24) is 5.32 Å². The van der Waals surface area contributed by atoms with E-state index in [1.807, 2.05) is 12.1 Å². The summed E-state index contributed by atoms with van der Waals surface area (Å²) in [6.45, 7) is 0.614. The standard InChI is InChI=1S/C15H21NO3/c1-19-15(8-2-9-15)11-14(18)16-10-7-12-3-5-13(17)6-4-12/h3-6,17H,2,7-11H2,1H3,(H,16,18). The average Bonchev–Trinajstić information content (AvgIpc) is 2.36.